The van der Waals surface area contributed by atoms with Crippen molar-refractivity contribution in [3.05, 3.63) is 122 Å². The minimum atomic E-state index is -0.805. The quantitative estimate of drug-likeness (QED) is 0.0261. The fourth-order valence-electron chi connectivity index (χ4n) is 8.84. The van der Waals surface area contributed by atoms with Crippen molar-refractivity contribution >= 4 is 17.9 Å². The first kappa shape index (κ1) is 73.8. The first-order valence-corrected chi connectivity index (χ1v) is 32.5. The fraction of sp³-hybridized carbons (Fsp3) is 0.681. The van der Waals surface area contributed by atoms with Crippen LogP contribution < -0.4 is 0 Å². The normalized spacial score (nSPS) is 12.9. The molecular weight excluding hydrogens is 961 g/mol. The molecule has 0 aromatic carbocycles. The molecule has 1 unspecified atom stereocenters. The zero-order valence-electron chi connectivity index (χ0n) is 50.9. The number of ether oxygens (including phenoxy) is 3. The van der Waals surface area contributed by atoms with E-state index in [4.69, 9.17) is 14.2 Å². The molecular formula is C72H120O6. The maximum Gasteiger partial charge on any atom is 0.306 e. The molecule has 0 rings (SSSR count). The predicted molar refractivity (Wildman–Crippen MR) is 339 cm³/mol. The number of esters is 3. The average molecular weight is 1080 g/mol. The van der Waals surface area contributed by atoms with E-state index in [1.165, 1.54) is 122 Å². The van der Waals surface area contributed by atoms with E-state index in [0.717, 1.165) is 128 Å². The maximum absolute atomic E-state index is 12.9. The van der Waals surface area contributed by atoms with Crippen molar-refractivity contribution in [3.8, 4) is 0 Å². The van der Waals surface area contributed by atoms with E-state index in [0.29, 0.717) is 25.7 Å². The Balaban J connectivity index is 4.46. The van der Waals surface area contributed by atoms with Gasteiger partial charge in [-0.15, -0.1) is 0 Å². The molecule has 0 saturated heterocycles. The van der Waals surface area contributed by atoms with Crippen molar-refractivity contribution in [2.75, 3.05) is 13.2 Å². The summed E-state index contributed by atoms with van der Waals surface area (Å²) in [6.07, 6.45) is 90.6. The van der Waals surface area contributed by atoms with Gasteiger partial charge in [0.05, 0.1) is 0 Å². The van der Waals surface area contributed by atoms with Gasteiger partial charge in [-0.1, -0.05) is 284 Å². The van der Waals surface area contributed by atoms with Crippen LogP contribution in [0.15, 0.2) is 122 Å². The third kappa shape index (κ3) is 62.7. The lowest BCUT2D eigenvalue weighted by Crippen LogP contribution is -2.30. The van der Waals surface area contributed by atoms with Crippen LogP contribution in [0, 0.1) is 0 Å². The van der Waals surface area contributed by atoms with Crippen LogP contribution in [-0.4, -0.2) is 37.2 Å². The van der Waals surface area contributed by atoms with Gasteiger partial charge in [0.1, 0.15) is 13.2 Å². The molecule has 6 heteroatoms. The van der Waals surface area contributed by atoms with Gasteiger partial charge in [-0.25, -0.2) is 0 Å². The van der Waals surface area contributed by atoms with Crippen molar-refractivity contribution in [2.24, 2.45) is 0 Å². The summed E-state index contributed by atoms with van der Waals surface area (Å²) in [6.45, 7) is 6.48. The van der Waals surface area contributed by atoms with Crippen LogP contribution in [0.2, 0.25) is 0 Å². The number of hydrogen-bond donors (Lipinski definition) is 0. The Bertz CT molecular complexity index is 1620. The third-order valence-corrected chi connectivity index (χ3v) is 13.7. The van der Waals surface area contributed by atoms with Crippen molar-refractivity contribution < 1.29 is 28.6 Å². The van der Waals surface area contributed by atoms with Gasteiger partial charge in [-0.05, 0) is 116 Å². The summed E-state index contributed by atoms with van der Waals surface area (Å²) in [6, 6.07) is 0. The molecule has 0 aliphatic carbocycles. The maximum atomic E-state index is 12.9. The van der Waals surface area contributed by atoms with E-state index < -0.39 is 6.10 Å². The number of unbranched alkanes of at least 4 members (excludes halogenated alkanes) is 27. The zero-order valence-corrected chi connectivity index (χ0v) is 50.9. The van der Waals surface area contributed by atoms with Gasteiger partial charge in [0.25, 0.3) is 0 Å². The molecule has 0 N–H and O–H groups in total. The highest BCUT2D eigenvalue weighted by molar-refractivity contribution is 5.71. The number of allylic oxidation sites excluding steroid dienone is 20. The van der Waals surface area contributed by atoms with Crippen molar-refractivity contribution in [1.82, 2.24) is 0 Å². The van der Waals surface area contributed by atoms with Crippen LogP contribution in [0.1, 0.15) is 297 Å². The molecule has 0 aliphatic rings. The molecule has 0 bridgehead atoms. The molecule has 78 heavy (non-hydrogen) atoms. The number of carbonyl (C=O) groups is 3. The van der Waals surface area contributed by atoms with Crippen molar-refractivity contribution in [2.45, 2.75) is 303 Å². The fourth-order valence-corrected chi connectivity index (χ4v) is 8.84. The minimum Gasteiger partial charge on any atom is -0.462 e. The Morgan fingerprint density at radius 2 is 0.500 bits per heavy atom. The molecule has 0 saturated carbocycles. The second kappa shape index (κ2) is 65.3. The highest BCUT2D eigenvalue weighted by Crippen LogP contribution is 2.16. The summed E-state index contributed by atoms with van der Waals surface area (Å²) >= 11 is 0. The van der Waals surface area contributed by atoms with Crippen molar-refractivity contribution in [3.63, 3.8) is 0 Å². The SMILES string of the molecule is CC/C=C\C/C=C\C/C=C\C/C=C\C/C=C\C/C=C\C/C=C\C/C=C\CCCCC(=O)OCC(COC(=O)CCCCCCC/C=C\C/C=C\CCCCCC)OC(=O)CCCCCCCCCCCCCCCCCCC. The lowest BCUT2D eigenvalue weighted by Gasteiger charge is -2.18. The van der Waals surface area contributed by atoms with Gasteiger partial charge in [0.2, 0.25) is 0 Å². The van der Waals surface area contributed by atoms with E-state index in [9.17, 15) is 14.4 Å². The molecule has 0 spiro atoms. The molecule has 0 amide bonds. The van der Waals surface area contributed by atoms with Crippen LogP contribution in [0.3, 0.4) is 0 Å². The number of carbonyl (C=O) groups excluding carboxylic acids is 3. The van der Waals surface area contributed by atoms with Gasteiger partial charge in [-0.3, -0.25) is 14.4 Å². The van der Waals surface area contributed by atoms with Gasteiger partial charge in [-0.2, -0.15) is 0 Å². The highest BCUT2D eigenvalue weighted by Gasteiger charge is 2.19. The number of rotatable bonds is 58. The smallest absolute Gasteiger partial charge is 0.306 e. The first-order chi connectivity index (χ1) is 38.5. The lowest BCUT2D eigenvalue weighted by molar-refractivity contribution is -0.167. The standard InChI is InChI=1S/C72H120O6/c1-4-7-10-13-16-19-22-25-28-31-32-33-34-35-36-37-38-39-40-42-44-47-50-53-56-59-62-65-71(74)77-68-69(67-76-70(73)64-61-58-55-52-49-46-43-30-27-24-21-18-15-12-9-6-3)78-72(75)66-63-60-57-54-51-48-45-41-29-26-23-20-17-14-11-8-5-2/h7,10,16,19,21,24-25,28,30,32-33,35-36,38-39,42-44,50,53,69H,4-6,8-9,11-15,17-18,20,22-23,26-27,29,31,34,37,40-41,45-49,51-52,54-68H2,1-3H3/b10-7-,19-16-,24-21-,28-25-,33-32-,36-35-,39-38-,43-30-,44-42-,53-50-. The van der Waals surface area contributed by atoms with E-state index in [1.54, 1.807) is 0 Å². The van der Waals surface area contributed by atoms with Gasteiger partial charge in [0.15, 0.2) is 6.10 Å². The number of hydrogen-bond acceptors (Lipinski definition) is 6. The van der Waals surface area contributed by atoms with E-state index in [2.05, 4.69) is 142 Å². The van der Waals surface area contributed by atoms with Crippen LogP contribution in [0.25, 0.3) is 0 Å². The van der Waals surface area contributed by atoms with E-state index in [1.807, 2.05) is 0 Å². The predicted octanol–water partition coefficient (Wildman–Crippen LogP) is 22.4. The third-order valence-electron chi connectivity index (χ3n) is 13.7. The first-order valence-electron chi connectivity index (χ1n) is 32.5. The highest BCUT2D eigenvalue weighted by atomic mass is 16.6. The van der Waals surface area contributed by atoms with Gasteiger partial charge in [0, 0.05) is 19.3 Å². The molecule has 0 heterocycles. The molecule has 6 nitrogen and oxygen atoms in total. The summed E-state index contributed by atoms with van der Waals surface area (Å²) < 4.78 is 16.9. The second-order valence-electron chi connectivity index (χ2n) is 21.3. The summed E-state index contributed by atoms with van der Waals surface area (Å²) in [5.41, 5.74) is 0. The van der Waals surface area contributed by atoms with Crippen LogP contribution >= 0.6 is 0 Å². The molecule has 1 atom stereocenters. The summed E-state index contributed by atoms with van der Waals surface area (Å²) in [7, 11) is 0. The molecule has 444 valence electrons. The zero-order chi connectivity index (χ0) is 56.4. The van der Waals surface area contributed by atoms with Crippen molar-refractivity contribution in [1.29, 1.82) is 0 Å². The van der Waals surface area contributed by atoms with E-state index >= 15 is 0 Å². The molecule has 0 aromatic rings. The Kier molecular flexibility index (Phi) is 61.8. The summed E-state index contributed by atoms with van der Waals surface area (Å²) in [5.74, 6) is -0.949. The molecule has 0 fully saturated rings. The molecule has 0 aliphatic heterocycles. The van der Waals surface area contributed by atoms with Gasteiger partial charge < -0.3 is 14.2 Å². The van der Waals surface area contributed by atoms with Crippen LogP contribution in [0.4, 0.5) is 0 Å². The average Bonchev–Trinajstić information content (AvgIpc) is 3.44. The largest absolute Gasteiger partial charge is 0.462 e. The lowest BCUT2D eigenvalue weighted by atomic mass is 10.0. The Hall–Kier alpha value is -4.19. The van der Waals surface area contributed by atoms with Gasteiger partial charge >= 0.3 is 17.9 Å². The molecule has 0 aromatic heterocycles. The monoisotopic (exact) mass is 1080 g/mol. The topological polar surface area (TPSA) is 78.9 Å². The van der Waals surface area contributed by atoms with Crippen LogP contribution in [0.5, 0.6) is 0 Å². The second-order valence-corrected chi connectivity index (χ2v) is 21.3. The molecule has 0 radical (unpaired) electrons. The Morgan fingerprint density at radius 1 is 0.269 bits per heavy atom. The van der Waals surface area contributed by atoms with E-state index in [-0.39, 0.29) is 31.1 Å². The minimum absolute atomic E-state index is 0.0993. The Morgan fingerprint density at radius 3 is 0.821 bits per heavy atom. The Labute approximate surface area is 482 Å². The summed E-state index contributed by atoms with van der Waals surface area (Å²) in [4.78, 5) is 38.3. The van der Waals surface area contributed by atoms with Crippen LogP contribution in [-0.2, 0) is 28.6 Å². The summed E-state index contributed by atoms with van der Waals surface area (Å²) in [5, 5.41) is 0.